The molecule has 4 aromatic rings. The van der Waals surface area contributed by atoms with Gasteiger partial charge >= 0.3 is 0 Å². The molecule has 0 fully saturated rings. The molecule has 1 heterocycles. The molecule has 0 saturated heterocycles. The van der Waals surface area contributed by atoms with Gasteiger partial charge in [0.25, 0.3) is 11.5 Å². The van der Waals surface area contributed by atoms with Gasteiger partial charge in [0, 0.05) is 6.54 Å². The number of carbonyl (C=O) groups excluding carboxylic acids is 1. The molecule has 5 nitrogen and oxygen atoms in total. The summed E-state index contributed by atoms with van der Waals surface area (Å²) in [5.74, 6) is -0.535. The number of amides is 1. The summed E-state index contributed by atoms with van der Waals surface area (Å²) in [4.78, 5) is 33.6. The van der Waals surface area contributed by atoms with Gasteiger partial charge in [-0.05, 0) is 49.7 Å². The van der Waals surface area contributed by atoms with Gasteiger partial charge in [0.05, 0.1) is 28.2 Å². The lowest BCUT2D eigenvalue weighted by atomic mass is 10.1. The van der Waals surface area contributed by atoms with Crippen molar-refractivity contribution in [2.45, 2.75) is 39.2 Å². The van der Waals surface area contributed by atoms with Gasteiger partial charge in [-0.1, -0.05) is 62.2 Å². The van der Waals surface area contributed by atoms with Crippen molar-refractivity contribution in [3.63, 3.8) is 0 Å². The molecule has 4 rings (SSSR count). The van der Waals surface area contributed by atoms with Gasteiger partial charge < -0.3 is 4.90 Å². The monoisotopic (exact) mass is 457 g/mol. The summed E-state index contributed by atoms with van der Waals surface area (Å²) in [5, 5.41) is 0.500. The van der Waals surface area contributed by atoms with Crippen LogP contribution in [-0.2, 0) is 0 Å². The van der Waals surface area contributed by atoms with Crippen molar-refractivity contribution in [2.24, 2.45) is 0 Å². The summed E-state index contributed by atoms with van der Waals surface area (Å²) in [5.41, 5.74) is 1.04. The zero-order valence-electron chi connectivity index (χ0n) is 19.4. The van der Waals surface area contributed by atoms with E-state index in [2.05, 4.69) is 6.92 Å². The quantitative estimate of drug-likeness (QED) is 0.309. The van der Waals surface area contributed by atoms with E-state index in [1.807, 2.05) is 49.4 Å². The standard InChI is InChI=1S/C28H28FN3O2/c1-3-4-12-19-31(27(33)22-15-8-10-17-24(22)29)20(2)26-30-25-18-11-9-16-23(25)28(34)32(26)21-13-6-5-7-14-21/h5-11,13-18,20H,3-4,12,19H2,1-2H3. The summed E-state index contributed by atoms with van der Waals surface area (Å²) in [6, 6.07) is 21.9. The SMILES string of the molecule is CCCCCN(C(=O)c1ccccc1F)C(C)c1nc2ccccc2c(=O)n1-c1ccccc1. The number of para-hydroxylation sites is 2. The van der Waals surface area contributed by atoms with E-state index in [-0.39, 0.29) is 11.1 Å². The molecule has 1 amide bonds. The topological polar surface area (TPSA) is 55.2 Å². The minimum absolute atomic E-state index is 0.0141. The molecule has 0 spiro atoms. The molecule has 0 bridgehead atoms. The van der Waals surface area contributed by atoms with E-state index in [9.17, 15) is 14.0 Å². The second-order valence-corrected chi connectivity index (χ2v) is 8.32. The Balaban J connectivity index is 1.88. The first-order valence-corrected chi connectivity index (χ1v) is 11.7. The summed E-state index contributed by atoms with van der Waals surface area (Å²) < 4.78 is 16.1. The third-order valence-electron chi connectivity index (χ3n) is 6.02. The Bertz CT molecular complexity index is 1350. The lowest BCUT2D eigenvalue weighted by Gasteiger charge is -2.31. The number of hydrogen-bond acceptors (Lipinski definition) is 3. The Hall–Kier alpha value is -3.80. The first-order chi connectivity index (χ1) is 16.5. The van der Waals surface area contributed by atoms with E-state index < -0.39 is 17.8 Å². The highest BCUT2D eigenvalue weighted by atomic mass is 19.1. The summed E-state index contributed by atoms with van der Waals surface area (Å²) in [7, 11) is 0. The molecule has 0 N–H and O–H groups in total. The van der Waals surface area contributed by atoms with Crippen LogP contribution < -0.4 is 5.56 Å². The van der Waals surface area contributed by atoms with Crippen LogP contribution in [0.1, 0.15) is 55.3 Å². The molecule has 0 aliphatic heterocycles. The van der Waals surface area contributed by atoms with Crippen LogP contribution in [-0.4, -0.2) is 26.9 Å². The predicted molar refractivity (Wildman–Crippen MR) is 133 cm³/mol. The Morgan fingerprint density at radius 3 is 2.38 bits per heavy atom. The first-order valence-electron chi connectivity index (χ1n) is 11.7. The average Bonchev–Trinajstić information content (AvgIpc) is 2.87. The average molecular weight is 458 g/mol. The normalized spacial score (nSPS) is 12.0. The van der Waals surface area contributed by atoms with Gasteiger partial charge in [0.15, 0.2) is 0 Å². The fraction of sp³-hybridized carbons (Fsp3) is 0.250. The molecule has 34 heavy (non-hydrogen) atoms. The maximum Gasteiger partial charge on any atom is 0.266 e. The zero-order valence-corrected chi connectivity index (χ0v) is 19.4. The van der Waals surface area contributed by atoms with Crippen molar-refractivity contribution in [2.75, 3.05) is 6.54 Å². The highest BCUT2D eigenvalue weighted by Crippen LogP contribution is 2.25. The number of benzene rings is 3. The summed E-state index contributed by atoms with van der Waals surface area (Å²) in [6.45, 7) is 4.37. The third kappa shape index (κ3) is 4.62. The van der Waals surface area contributed by atoms with Crippen LogP contribution >= 0.6 is 0 Å². The minimum atomic E-state index is -0.568. The van der Waals surface area contributed by atoms with Crippen molar-refractivity contribution in [3.05, 3.63) is 106 Å². The number of nitrogens with zero attached hydrogens (tertiary/aromatic N) is 3. The van der Waals surface area contributed by atoms with Gasteiger partial charge in [0.1, 0.15) is 11.6 Å². The van der Waals surface area contributed by atoms with E-state index in [0.717, 1.165) is 19.3 Å². The van der Waals surface area contributed by atoms with E-state index in [0.29, 0.717) is 29.0 Å². The van der Waals surface area contributed by atoms with Crippen molar-refractivity contribution < 1.29 is 9.18 Å². The van der Waals surface area contributed by atoms with Crippen molar-refractivity contribution >= 4 is 16.8 Å². The highest BCUT2D eigenvalue weighted by Gasteiger charge is 2.28. The van der Waals surface area contributed by atoms with Crippen molar-refractivity contribution in [1.29, 1.82) is 0 Å². The highest BCUT2D eigenvalue weighted by molar-refractivity contribution is 5.94. The first kappa shape index (κ1) is 23.4. The number of aromatic nitrogens is 2. The number of unbranched alkanes of at least 4 members (excludes halogenated alkanes) is 2. The minimum Gasteiger partial charge on any atom is -0.329 e. The number of hydrogen-bond donors (Lipinski definition) is 0. The van der Waals surface area contributed by atoms with Crippen LogP contribution in [0.25, 0.3) is 16.6 Å². The molecule has 0 aliphatic carbocycles. The summed E-state index contributed by atoms with van der Waals surface area (Å²) in [6.07, 6.45) is 2.69. The molecular weight excluding hydrogens is 429 g/mol. The van der Waals surface area contributed by atoms with E-state index >= 15 is 0 Å². The van der Waals surface area contributed by atoms with Gasteiger partial charge in [-0.3, -0.25) is 14.2 Å². The molecular formula is C28H28FN3O2. The summed E-state index contributed by atoms with van der Waals surface area (Å²) >= 11 is 0. The third-order valence-corrected chi connectivity index (χ3v) is 6.02. The Kier molecular flexibility index (Phi) is 7.16. The molecule has 174 valence electrons. The Morgan fingerprint density at radius 1 is 0.971 bits per heavy atom. The van der Waals surface area contributed by atoms with Crippen LogP contribution in [0.2, 0.25) is 0 Å². The molecule has 3 aromatic carbocycles. The van der Waals surface area contributed by atoms with Crippen LogP contribution in [0.3, 0.4) is 0 Å². The molecule has 0 saturated carbocycles. The molecule has 6 heteroatoms. The Labute approximate surface area is 198 Å². The number of halogens is 1. The van der Waals surface area contributed by atoms with E-state index in [1.54, 1.807) is 33.7 Å². The van der Waals surface area contributed by atoms with Crippen LogP contribution in [0, 0.1) is 5.82 Å². The lowest BCUT2D eigenvalue weighted by molar-refractivity contribution is 0.0672. The molecule has 0 aliphatic rings. The maximum atomic E-state index is 14.6. The lowest BCUT2D eigenvalue weighted by Crippen LogP contribution is -2.38. The number of rotatable bonds is 8. The van der Waals surface area contributed by atoms with Crippen LogP contribution in [0.15, 0.2) is 83.7 Å². The van der Waals surface area contributed by atoms with Gasteiger partial charge in [-0.15, -0.1) is 0 Å². The van der Waals surface area contributed by atoms with Gasteiger partial charge in [0.2, 0.25) is 0 Å². The predicted octanol–water partition coefficient (Wildman–Crippen LogP) is 5.92. The van der Waals surface area contributed by atoms with E-state index in [1.165, 1.54) is 12.1 Å². The maximum absolute atomic E-state index is 14.6. The van der Waals surface area contributed by atoms with Crippen LogP contribution in [0.5, 0.6) is 0 Å². The van der Waals surface area contributed by atoms with E-state index in [4.69, 9.17) is 4.98 Å². The fourth-order valence-electron chi connectivity index (χ4n) is 4.19. The Morgan fingerprint density at radius 2 is 1.65 bits per heavy atom. The van der Waals surface area contributed by atoms with Crippen molar-refractivity contribution in [1.82, 2.24) is 14.5 Å². The van der Waals surface area contributed by atoms with Gasteiger partial charge in [-0.25, -0.2) is 9.37 Å². The fourth-order valence-corrected chi connectivity index (χ4v) is 4.19. The molecule has 1 atom stereocenters. The number of fused-ring (bicyclic) bond motifs is 1. The zero-order chi connectivity index (χ0) is 24.1. The number of carbonyl (C=O) groups is 1. The van der Waals surface area contributed by atoms with Crippen molar-refractivity contribution in [3.8, 4) is 5.69 Å². The second kappa shape index (κ2) is 10.4. The molecule has 0 radical (unpaired) electrons. The smallest absolute Gasteiger partial charge is 0.266 e. The second-order valence-electron chi connectivity index (χ2n) is 8.32. The molecule has 1 aromatic heterocycles. The molecule has 1 unspecified atom stereocenters. The largest absolute Gasteiger partial charge is 0.329 e. The van der Waals surface area contributed by atoms with Gasteiger partial charge in [-0.2, -0.15) is 0 Å². The van der Waals surface area contributed by atoms with Crippen LogP contribution in [0.4, 0.5) is 4.39 Å².